The van der Waals surface area contributed by atoms with Crippen LogP contribution in [-0.4, -0.2) is 56.0 Å². The summed E-state index contributed by atoms with van der Waals surface area (Å²) < 4.78 is 33.2. The van der Waals surface area contributed by atoms with Crippen molar-refractivity contribution in [1.29, 1.82) is 0 Å². The molecule has 0 atom stereocenters. The average molecular weight is 466 g/mol. The van der Waals surface area contributed by atoms with Gasteiger partial charge in [0.05, 0.1) is 22.8 Å². The Kier molecular flexibility index (Phi) is 12.5. The molecule has 0 aliphatic heterocycles. The molecule has 1 rings (SSSR count). The number of rotatable bonds is 10. The molecule has 0 N–H and O–H groups in total. The smallest absolute Gasteiger partial charge is 0.338 e. The quantitative estimate of drug-likeness (QED) is 0.0972. The maximum atomic E-state index is 12.2. The van der Waals surface area contributed by atoms with E-state index in [1.165, 1.54) is 42.2 Å². The molecule has 10 heteroatoms. The second kappa shape index (κ2) is 13.9. The Labute approximate surface area is 190 Å². The number of sulfonamides is 1. The van der Waals surface area contributed by atoms with Gasteiger partial charge in [-0.2, -0.15) is 0 Å². The van der Waals surface area contributed by atoms with E-state index in [1.54, 1.807) is 20.0 Å². The highest BCUT2D eigenvalue weighted by Gasteiger charge is 2.17. The van der Waals surface area contributed by atoms with Crippen molar-refractivity contribution in [3.05, 3.63) is 76.4 Å². The summed E-state index contributed by atoms with van der Waals surface area (Å²) in [5.74, 6) is -0.806. The first-order valence-corrected chi connectivity index (χ1v) is 11.5. The molecule has 0 radical (unpaired) electrons. The molecule has 0 heterocycles. The van der Waals surface area contributed by atoms with E-state index < -0.39 is 20.9 Å². The largest absolute Gasteiger partial charge is 0.460 e. The molecule has 0 aromatic heterocycles. The Hall–Kier alpha value is -3.27. The van der Waals surface area contributed by atoms with Gasteiger partial charge in [0.1, 0.15) is 12.4 Å². The van der Waals surface area contributed by atoms with Gasteiger partial charge in [-0.3, -0.25) is 10.1 Å². The van der Waals surface area contributed by atoms with Crippen molar-refractivity contribution >= 4 is 27.5 Å². The van der Waals surface area contributed by atoms with Gasteiger partial charge in [0.2, 0.25) is 0 Å². The molecule has 0 saturated carbocycles. The Morgan fingerprint density at radius 2 is 1.97 bits per heavy atom. The number of hydrogen-bond acceptors (Lipinski definition) is 6. The zero-order valence-corrected chi connectivity index (χ0v) is 20.0. The summed E-state index contributed by atoms with van der Waals surface area (Å²) >= 11 is 0. The molecule has 1 aromatic rings. The number of carbonyl (C=O) groups excluding carboxylic acids is 1. The first-order chi connectivity index (χ1) is 15.0. The normalized spacial score (nSPS) is 11.3. The van der Waals surface area contributed by atoms with E-state index in [0.29, 0.717) is 11.1 Å². The van der Waals surface area contributed by atoms with Crippen molar-refractivity contribution in [3.63, 3.8) is 0 Å². The molecular weight excluding hydrogens is 434 g/mol. The molecule has 176 valence electrons. The third-order valence-corrected chi connectivity index (χ3v) is 5.02. The lowest BCUT2D eigenvalue weighted by molar-refractivity contribution is -0.385. The van der Waals surface area contributed by atoms with Gasteiger partial charge in [-0.1, -0.05) is 45.2 Å². The van der Waals surface area contributed by atoms with E-state index in [9.17, 15) is 23.3 Å². The number of likely N-dealkylation sites (N-methyl/N-ethyl adjacent to an activating group) is 1. The minimum atomic E-state index is -3.76. The van der Waals surface area contributed by atoms with Crippen LogP contribution in [-0.2, 0) is 14.8 Å². The first-order valence-electron chi connectivity index (χ1n) is 9.91. The number of carbonyl (C=O) groups is 1. The molecule has 0 saturated heterocycles. The van der Waals surface area contributed by atoms with Crippen LogP contribution in [0.1, 0.15) is 36.7 Å². The van der Waals surface area contributed by atoms with Gasteiger partial charge >= 0.3 is 5.97 Å². The summed E-state index contributed by atoms with van der Waals surface area (Å²) in [4.78, 5) is 24.0. The van der Waals surface area contributed by atoms with Gasteiger partial charge in [0.25, 0.3) is 15.7 Å². The summed E-state index contributed by atoms with van der Waals surface area (Å²) in [6, 6.07) is 3.94. The Morgan fingerprint density at radius 1 is 1.34 bits per heavy atom. The lowest BCUT2D eigenvalue weighted by atomic mass is 10.1. The molecular formula is C22H31N3O6S. The predicted molar refractivity (Wildman–Crippen MR) is 127 cm³/mol. The van der Waals surface area contributed by atoms with Crippen molar-refractivity contribution in [3.8, 4) is 0 Å². The number of hydrogen-bond donors (Lipinski definition) is 0. The predicted octanol–water partition coefficient (Wildman–Crippen LogP) is 4.06. The van der Waals surface area contributed by atoms with Crippen molar-refractivity contribution < 1.29 is 22.9 Å². The number of esters is 1. The highest BCUT2D eigenvalue weighted by molar-refractivity contribution is 7.90. The minimum Gasteiger partial charge on any atom is -0.460 e. The summed E-state index contributed by atoms with van der Waals surface area (Å²) in [6.45, 7) is 14.6. The third kappa shape index (κ3) is 9.25. The van der Waals surface area contributed by atoms with Crippen LogP contribution in [0, 0.1) is 17.0 Å². The lowest BCUT2D eigenvalue weighted by Gasteiger charge is -2.21. The molecule has 0 fully saturated rings. The summed E-state index contributed by atoms with van der Waals surface area (Å²) in [5.41, 5.74) is 0.738. The van der Waals surface area contributed by atoms with Crippen molar-refractivity contribution in [1.82, 2.24) is 4.90 Å². The van der Waals surface area contributed by atoms with Gasteiger partial charge in [0, 0.05) is 24.3 Å². The first kappa shape index (κ1) is 28.7. The van der Waals surface area contributed by atoms with Crippen LogP contribution in [0.5, 0.6) is 0 Å². The van der Waals surface area contributed by atoms with E-state index in [0.717, 1.165) is 0 Å². The number of aryl methyl sites for hydroxylation is 1. The summed E-state index contributed by atoms with van der Waals surface area (Å²) in [6.07, 6.45) is 4.46. The second-order valence-corrected chi connectivity index (χ2v) is 7.96. The lowest BCUT2D eigenvalue weighted by Crippen LogP contribution is -2.32. The second-order valence-electron chi connectivity index (χ2n) is 6.28. The number of nitro groups is 1. The van der Waals surface area contributed by atoms with Crippen molar-refractivity contribution in [2.45, 2.75) is 27.7 Å². The number of nitrogens with zero attached hydrogens (tertiary/aromatic N) is 3. The third-order valence-electron chi connectivity index (χ3n) is 3.95. The van der Waals surface area contributed by atoms with Gasteiger partial charge in [-0.15, -0.1) is 4.40 Å². The fraction of sp³-hybridized carbons (Fsp3) is 0.364. The Bertz CT molecular complexity index is 997. The number of nitro benzene ring substituents is 1. The molecule has 0 spiro atoms. The van der Waals surface area contributed by atoms with Gasteiger partial charge in [-0.25, -0.2) is 13.2 Å². The van der Waals surface area contributed by atoms with Gasteiger partial charge in [0.15, 0.2) is 0 Å². The molecule has 32 heavy (non-hydrogen) atoms. The standard InChI is InChI=1S/C20H25N3O6S.C2H6/c1-6-8-13-30(27,28)21-19(15(3)7-2)22(5)11-12-29-20(24)17-9-10-18(23(25)26)16(4)14-17;1-2/h6-10,14H,2-3,11-13H2,1,4-5H3;1-2H3/b8-6-,21-19+;. The molecule has 9 nitrogen and oxygen atoms in total. The molecule has 0 unspecified atom stereocenters. The van der Waals surface area contributed by atoms with Crippen LogP contribution in [0.4, 0.5) is 5.69 Å². The monoisotopic (exact) mass is 465 g/mol. The van der Waals surface area contributed by atoms with E-state index in [1.807, 2.05) is 13.8 Å². The number of allylic oxidation sites excluding steroid dienone is 1. The summed E-state index contributed by atoms with van der Waals surface area (Å²) in [5, 5.41) is 10.9. The zero-order valence-electron chi connectivity index (χ0n) is 19.2. The van der Waals surface area contributed by atoms with Crippen LogP contribution in [0.25, 0.3) is 0 Å². The van der Waals surface area contributed by atoms with E-state index in [2.05, 4.69) is 17.6 Å². The van der Waals surface area contributed by atoms with Crippen LogP contribution in [0.15, 0.2) is 59.6 Å². The molecule has 0 bridgehead atoms. The van der Waals surface area contributed by atoms with Gasteiger partial charge < -0.3 is 9.64 Å². The fourth-order valence-electron chi connectivity index (χ4n) is 2.30. The molecule has 0 aliphatic carbocycles. The maximum absolute atomic E-state index is 12.2. The number of benzene rings is 1. The maximum Gasteiger partial charge on any atom is 0.338 e. The Morgan fingerprint density at radius 3 is 2.47 bits per heavy atom. The van der Waals surface area contributed by atoms with Crippen molar-refractivity contribution in [2.75, 3.05) is 26.0 Å². The van der Waals surface area contributed by atoms with Crippen LogP contribution < -0.4 is 0 Å². The fourth-order valence-corrected chi connectivity index (χ4v) is 3.33. The summed E-state index contributed by atoms with van der Waals surface area (Å²) in [7, 11) is -2.17. The number of amidine groups is 1. The van der Waals surface area contributed by atoms with Gasteiger partial charge in [-0.05, 0) is 26.0 Å². The minimum absolute atomic E-state index is 0.0658. The topological polar surface area (TPSA) is 119 Å². The van der Waals surface area contributed by atoms with Crippen molar-refractivity contribution in [2.24, 2.45) is 4.40 Å². The SMILES string of the molecule is C=CC(=C)/C(=N\S(=O)(=O)C/C=C\C)N(C)CCOC(=O)c1ccc([N+](=O)[O-])c(C)c1.CC. The average Bonchev–Trinajstić information content (AvgIpc) is 2.76. The highest BCUT2D eigenvalue weighted by atomic mass is 32.2. The van der Waals surface area contributed by atoms with E-state index in [4.69, 9.17) is 4.74 Å². The van der Waals surface area contributed by atoms with Crippen LogP contribution >= 0.6 is 0 Å². The van der Waals surface area contributed by atoms with Crippen LogP contribution in [0.2, 0.25) is 0 Å². The zero-order chi connectivity index (χ0) is 24.9. The number of ether oxygens (including phenoxy) is 1. The van der Waals surface area contributed by atoms with E-state index in [-0.39, 0.29) is 36.0 Å². The molecule has 0 aliphatic rings. The Balaban J connectivity index is 0.00000466. The molecule has 1 aromatic carbocycles. The molecule has 0 amide bonds. The highest BCUT2D eigenvalue weighted by Crippen LogP contribution is 2.19. The van der Waals surface area contributed by atoms with Crippen LogP contribution in [0.3, 0.4) is 0 Å². The van der Waals surface area contributed by atoms with E-state index >= 15 is 0 Å².